The summed E-state index contributed by atoms with van der Waals surface area (Å²) in [4.78, 5) is 2.08. The number of hydrogen-bond acceptors (Lipinski definition) is 4. The first-order valence-electron chi connectivity index (χ1n) is 6.84. The number of benzene rings is 1. The van der Waals surface area contributed by atoms with E-state index in [9.17, 15) is 12.8 Å². The van der Waals surface area contributed by atoms with Crippen LogP contribution in [0.5, 0.6) is 0 Å². The zero-order valence-corrected chi connectivity index (χ0v) is 13.1. The molecule has 0 aromatic heterocycles. The van der Waals surface area contributed by atoms with Crippen LogP contribution in [0.25, 0.3) is 0 Å². The molecule has 0 spiro atoms. The summed E-state index contributed by atoms with van der Waals surface area (Å²) in [6.45, 7) is 2.63. The van der Waals surface area contributed by atoms with Gasteiger partial charge in [-0.3, -0.25) is 0 Å². The minimum Gasteiger partial charge on any atom is -0.384 e. The molecular weight excluding hydrogens is 295 g/mol. The molecule has 5 nitrogen and oxygen atoms in total. The van der Waals surface area contributed by atoms with E-state index < -0.39 is 10.0 Å². The summed E-state index contributed by atoms with van der Waals surface area (Å²) in [5.74, 6) is -0.197. The Kier molecular flexibility index (Phi) is 5.18. The summed E-state index contributed by atoms with van der Waals surface area (Å²) in [5.41, 5.74) is 0.896. The molecule has 1 aliphatic heterocycles. The molecule has 1 atom stereocenters. The quantitative estimate of drug-likeness (QED) is 0.837. The maximum atomic E-state index is 13.0. The lowest BCUT2D eigenvalue weighted by Crippen LogP contribution is -2.36. The van der Waals surface area contributed by atoms with Gasteiger partial charge >= 0.3 is 0 Å². The van der Waals surface area contributed by atoms with Crippen LogP contribution in [-0.4, -0.2) is 58.9 Å². The highest BCUT2D eigenvalue weighted by Gasteiger charge is 2.27. The highest BCUT2D eigenvalue weighted by Crippen LogP contribution is 2.20. The van der Waals surface area contributed by atoms with Crippen molar-refractivity contribution in [2.24, 2.45) is 5.92 Å². The molecule has 0 N–H and O–H groups in total. The summed E-state index contributed by atoms with van der Waals surface area (Å²) in [6.07, 6.45) is 1.23. The number of anilines is 1. The van der Waals surface area contributed by atoms with E-state index in [1.54, 1.807) is 19.2 Å². The zero-order chi connectivity index (χ0) is 15.5. The predicted octanol–water partition coefficient (Wildman–Crippen LogP) is 1.17. The molecule has 1 fully saturated rings. The summed E-state index contributed by atoms with van der Waals surface area (Å²) in [5, 5.41) is 0. The van der Waals surface area contributed by atoms with Crippen LogP contribution in [0, 0.1) is 11.7 Å². The van der Waals surface area contributed by atoms with Crippen molar-refractivity contribution in [2.75, 3.05) is 51.1 Å². The Morgan fingerprint density at radius 3 is 2.48 bits per heavy atom. The third kappa shape index (κ3) is 4.39. The van der Waals surface area contributed by atoms with Gasteiger partial charge in [0.25, 0.3) is 0 Å². The third-order valence-electron chi connectivity index (χ3n) is 3.62. The van der Waals surface area contributed by atoms with Gasteiger partial charge in [0.2, 0.25) is 10.0 Å². The van der Waals surface area contributed by atoms with Crippen LogP contribution in [0.2, 0.25) is 0 Å². The predicted molar refractivity (Wildman–Crippen MR) is 80.4 cm³/mol. The minimum absolute atomic E-state index is 0.0808. The molecule has 0 radical (unpaired) electrons. The van der Waals surface area contributed by atoms with Crippen LogP contribution in [0.4, 0.5) is 10.1 Å². The Labute approximate surface area is 125 Å². The fraction of sp³-hybridized carbons (Fsp3) is 0.571. The van der Waals surface area contributed by atoms with E-state index in [-0.39, 0.29) is 11.7 Å². The molecule has 1 aromatic rings. The molecule has 1 heterocycles. The molecule has 1 saturated heterocycles. The Hall–Kier alpha value is -1.18. The Balaban J connectivity index is 2.19. The second-order valence-corrected chi connectivity index (χ2v) is 7.35. The topological polar surface area (TPSA) is 49.9 Å². The van der Waals surface area contributed by atoms with Gasteiger partial charge in [0.1, 0.15) is 5.82 Å². The zero-order valence-electron chi connectivity index (χ0n) is 12.3. The number of nitrogens with zero attached hydrogens (tertiary/aromatic N) is 2. The average Bonchev–Trinajstić information content (AvgIpc) is 2.62. The van der Waals surface area contributed by atoms with Crippen molar-refractivity contribution in [3.63, 3.8) is 0 Å². The van der Waals surface area contributed by atoms with Crippen molar-refractivity contribution < 1.29 is 17.5 Å². The average molecular weight is 316 g/mol. The summed E-state index contributed by atoms with van der Waals surface area (Å²) >= 11 is 0. The first kappa shape index (κ1) is 16.2. The van der Waals surface area contributed by atoms with Crippen molar-refractivity contribution >= 4 is 15.7 Å². The van der Waals surface area contributed by atoms with E-state index in [2.05, 4.69) is 4.90 Å². The number of sulfonamides is 1. The molecule has 1 aromatic carbocycles. The normalized spacial score (nSPS) is 21.3. The Morgan fingerprint density at radius 1 is 1.24 bits per heavy atom. The number of ether oxygens (including phenoxy) is 1. The van der Waals surface area contributed by atoms with Crippen molar-refractivity contribution in [1.82, 2.24) is 4.31 Å². The lowest BCUT2D eigenvalue weighted by Gasteiger charge is -2.25. The van der Waals surface area contributed by atoms with Crippen LogP contribution >= 0.6 is 0 Å². The van der Waals surface area contributed by atoms with E-state index in [0.717, 1.165) is 5.69 Å². The first-order chi connectivity index (χ1) is 9.90. The van der Waals surface area contributed by atoms with Crippen LogP contribution in [0.15, 0.2) is 24.3 Å². The van der Waals surface area contributed by atoms with Crippen LogP contribution in [-0.2, 0) is 14.8 Å². The van der Waals surface area contributed by atoms with Gasteiger partial charge in [-0.25, -0.2) is 12.8 Å². The maximum absolute atomic E-state index is 13.0. The monoisotopic (exact) mass is 316 g/mol. The molecule has 2 rings (SSSR count). The summed E-state index contributed by atoms with van der Waals surface area (Å²) < 4.78 is 43.3. The fourth-order valence-corrected chi connectivity index (χ4v) is 3.50. The van der Waals surface area contributed by atoms with Crippen molar-refractivity contribution in [3.05, 3.63) is 30.1 Å². The lowest BCUT2D eigenvalue weighted by molar-refractivity contribution is 0.147. The van der Waals surface area contributed by atoms with Gasteiger partial charge in [0.15, 0.2) is 0 Å². The summed E-state index contributed by atoms with van der Waals surface area (Å²) in [7, 11) is -1.61. The van der Waals surface area contributed by atoms with Gasteiger partial charge in [-0.2, -0.15) is 4.31 Å². The Bertz CT molecular complexity index is 562. The number of hydrogen-bond donors (Lipinski definition) is 0. The number of rotatable bonds is 4. The van der Waals surface area contributed by atoms with Crippen LogP contribution in [0.3, 0.4) is 0 Å². The molecule has 7 heteroatoms. The van der Waals surface area contributed by atoms with Crippen molar-refractivity contribution in [2.45, 2.75) is 0 Å². The van der Waals surface area contributed by atoms with Gasteiger partial charge in [-0.1, -0.05) is 0 Å². The maximum Gasteiger partial charge on any atom is 0.211 e. The van der Waals surface area contributed by atoms with E-state index >= 15 is 0 Å². The molecule has 21 heavy (non-hydrogen) atoms. The van der Waals surface area contributed by atoms with E-state index in [0.29, 0.717) is 32.8 Å². The molecule has 0 saturated carbocycles. The number of methoxy groups -OCH3 is 1. The van der Waals surface area contributed by atoms with E-state index in [4.69, 9.17) is 4.74 Å². The molecule has 0 unspecified atom stereocenters. The van der Waals surface area contributed by atoms with Crippen LogP contribution < -0.4 is 4.90 Å². The van der Waals surface area contributed by atoms with Gasteiger partial charge in [-0.05, 0) is 24.3 Å². The third-order valence-corrected chi connectivity index (χ3v) is 4.89. The summed E-state index contributed by atoms with van der Waals surface area (Å²) in [6, 6.07) is 6.27. The highest BCUT2D eigenvalue weighted by molar-refractivity contribution is 7.88. The molecule has 0 amide bonds. The van der Waals surface area contributed by atoms with Gasteiger partial charge in [0, 0.05) is 44.9 Å². The van der Waals surface area contributed by atoms with E-state index in [1.807, 2.05) is 0 Å². The standard InChI is InChI=1S/C14H21FN2O3S/c1-20-11-12-9-16(14-5-3-13(15)4-6-14)7-8-17(10-12)21(2,18)19/h3-6,12H,7-11H2,1-2H3/t12-/m0/s1. The SMILES string of the molecule is COC[C@H]1CN(c2ccc(F)cc2)CCN(S(C)(=O)=O)C1. The molecular formula is C14H21FN2O3S. The molecule has 0 bridgehead atoms. The van der Waals surface area contributed by atoms with Crippen molar-refractivity contribution in [1.29, 1.82) is 0 Å². The number of halogens is 1. The second kappa shape index (κ2) is 6.72. The highest BCUT2D eigenvalue weighted by atomic mass is 32.2. The Morgan fingerprint density at radius 2 is 1.90 bits per heavy atom. The minimum atomic E-state index is -3.22. The van der Waals surface area contributed by atoms with Crippen LogP contribution in [0.1, 0.15) is 0 Å². The van der Waals surface area contributed by atoms with Gasteiger partial charge < -0.3 is 9.64 Å². The smallest absolute Gasteiger partial charge is 0.211 e. The van der Waals surface area contributed by atoms with E-state index in [1.165, 1.54) is 22.7 Å². The first-order valence-corrected chi connectivity index (χ1v) is 8.69. The molecule has 118 valence electrons. The second-order valence-electron chi connectivity index (χ2n) is 5.36. The molecule has 1 aliphatic rings. The molecule has 0 aliphatic carbocycles. The van der Waals surface area contributed by atoms with Crippen molar-refractivity contribution in [3.8, 4) is 0 Å². The van der Waals surface area contributed by atoms with Gasteiger partial charge in [0.05, 0.1) is 12.9 Å². The largest absolute Gasteiger partial charge is 0.384 e. The lowest BCUT2D eigenvalue weighted by atomic mass is 10.1. The van der Waals surface area contributed by atoms with Gasteiger partial charge in [-0.15, -0.1) is 0 Å². The fourth-order valence-electron chi connectivity index (χ4n) is 2.60.